The van der Waals surface area contributed by atoms with Crippen LogP contribution in [0, 0.1) is 17.8 Å². The van der Waals surface area contributed by atoms with E-state index in [0.717, 1.165) is 38.0 Å². The van der Waals surface area contributed by atoms with Gasteiger partial charge in [-0.05, 0) is 31.1 Å². The molecule has 0 aromatic carbocycles. The standard InChI is InChI=1S/C16H21N3O/c1-2-14-13-9-19(6-5-15(13)18-17-14)16(20)12-8-10-3-4-11(12)7-10/h3-4,10-12H,2,5-9H2,1H3,(H,17,18)/t10-,11+,12+/m1/s1. The molecule has 20 heavy (non-hydrogen) atoms. The Labute approximate surface area is 119 Å². The van der Waals surface area contributed by atoms with Crippen molar-refractivity contribution < 1.29 is 4.79 Å². The highest BCUT2D eigenvalue weighted by molar-refractivity contribution is 5.80. The van der Waals surface area contributed by atoms with Gasteiger partial charge in [-0.3, -0.25) is 9.89 Å². The molecule has 4 rings (SSSR count). The fourth-order valence-corrected chi connectivity index (χ4v) is 4.13. The predicted molar refractivity (Wildman–Crippen MR) is 75.9 cm³/mol. The Morgan fingerprint density at radius 2 is 2.35 bits per heavy atom. The highest BCUT2D eigenvalue weighted by atomic mass is 16.2. The van der Waals surface area contributed by atoms with Crippen molar-refractivity contribution in [2.45, 2.75) is 39.2 Å². The molecule has 1 aliphatic heterocycles. The largest absolute Gasteiger partial charge is 0.338 e. The van der Waals surface area contributed by atoms with Crippen molar-refractivity contribution in [3.63, 3.8) is 0 Å². The zero-order chi connectivity index (χ0) is 13.7. The number of carbonyl (C=O) groups excluding carboxylic acids is 1. The normalized spacial score (nSPS) is 30.9. The number of carbonyl (C=O) groups is 1. The van der Waals surface area contributed by atoms with E-state index in [2.05, 4.69) is 34.2 Å². The van der Waals surface area contributed by atoms with E-state index in [4.69, 9.17) is 0 Å². The molecule has 3 atom stereocenters. The van der Waals surface area contributed by atoms with Gasteiger partial charge in [0.25, 0.3) is 0 Å². The molecule has 0 unspecified atom stereocenters. The van der Waals surface area contributed by atoms with Crippen molar-refractivity contribution in [1.29, 1.82) is 0 Å². The van der Waals surface area contributed by atoms with Crippen LogP contribution in [0.2, 0.25) is 0 Å². The van der Waals surface area contributed by atoms with E-state index < -0.39 is 0 Å². The Balaban J connectivity index is 1.53. The predicted octanol–water partition coefficient (Wildman–Crippen LogP) is 2.07. The second-order valence-electron chi connectivity index (χ2n) is 6.38. The lowest BCUT2D eigenvalue weighted by molar-refractivity contribution is -0.137. The van der Waals surface area contributed by atoms with Crippen LogP contribution in [0.3, 0.4) is 0 Å². The number of allylic oxidation sites excluding steroid dienone is 2. The summed E-state index contributed by atoms with van der Waals surface area (Å²) in [6.45, 7) is 3.72. The average molecular weight is 271 g/mol. The van der Waals surface area contributed by atoms with Crippen molar-refractivity contribution in [2.75, 3.05) is 6.54 Å². The molecule has 106 valence electrons. The second kappa shape index (κ2) is 4.47. The van der Waals surface area contributed by atoms with Crippen LogP contribution in [0.5, 0.6) is 0 Å². The second-order valence-corrected chi connectivity index (χ2v) is 6.38. The summed E-state index contributed by atoms with van der Waals surface area (Å²) in [7, 11) is 0. The molecule has 1 saturated carbocycles. The average Bonchev–Trinajstić information content (AvgIpc) is 3.20. The SMILES string of the molecule is CCc1n[nH]c2c1CN(C(=O)[C@H]1C[C@@H]3C=C[C@H]1C3)CC2. The molecule has 3 aliphatic rings. The zero-order valence-electron chi connectivity index (χ0n) is 11.9. The van der Waals surface area contributed by atoms with Gasteiger partial charge in [0.05, 0.1) is 5.69 Å². The third-order valence-electron chi connectivity index (χ3n) is 5.26. The molecule has 1 aromatic heterocycles. The molecule has 0 radical (unpaired) electrons. The van der Waals surface area contributed by atoms with E-state index in [-0.39, 0.29) is 5.92 Å². The summed E-state index contributed by atoms with van der Waals surface area (Å²) in [5, 5.41) is 7.51. The third kappa shape index (κ3) is 1.74. The van der Waals surface area contributed by atoms with Crippen molar-refractivity contribution in [3.05, 3.63) is 29.1 Å². The molecule has 2 heterocycles. The number of hydrogen-bond acceptors (Lipinski definition) is 2. The number of aryl methyl sites for hydroxylation is 1. The molecule has 0 saturated heterocycles. The number of hydrogen-bond donors (Lipinski definition) is 1. The number of aromatic nitrogens is 2. The lowest BCUT2D eigenvalue weighted by Crippen LogP contribution is -2.41. The molecular formula is C16H21N3O. The number of aromatic amines is 1. The molecular weight excluding hydrogens is 250 g/mol. The summed E-state index contributed by atoms with van der Waals surface area (Å²) < 4.78 is 0. The Kier molecular flexibility index (Phi) is 2.72. The van der Waals surface area contributed by atoms with Crippen LogP contribution >= 0.6 is 0 Å². The van der Waals surface area contributed by atoms with Gasteiger partial charge in [0, 0.05) is 36.7 Å². The van der Waals surface area contributed by atoms with E-state index in [1.54, 1.807) is 0 Å². The molecule has 4 heteroatoms. The third-order valence-corrected chi connectivity index (χ3v) is 5.26. The molecule has 2 aliphatic carbocycles. The highest BCUT2D eigenvalue weighted by Crippen LogP contribution is 2.44. The van der Waals surface area contributed by atoms with Crippen LogP contribution in [0.25, 0.3) is 0 Å². The van der Waals surface area contributed by atoms with Crippen LogP contribution in [0.4, 0.5) is 0 Å². The lowest BCUT2D eigenvalue weighted by atomic mass is 9.91. The number of rotatable bonds is 2. The van der Waals surface area contributed by atoms with Crippen LogP contribution < -0.4 is 0 Å². The molecule has 1 amide bonds. The quantitative estimate of drug-likeness (QED) is 0.837. The van der Waals surface area contributed by atoms with Crippen LogP contribution in [0.15, 0.2) is 12.2 Å². The lowest BCUT2D eigenvalue weighted by Gasteiger charge is -2.31. The van der Waals surface area contributed by atoms with Gasteiger partial charge in [-0.1, -0.05) is 19.1 Å². The number of H-pyrrole nitrogens is 1. The van der Waals surface area contributed by atoms with Gasteiger partial charge in [0.2, 0.25) is 5.91 Å². The number of fused-ring (bicyclic) bond motifs is 3. The first-order chi connectivity index (χ1) is 9.76. The van der Waals surface area contributed by atoms with E-state index in [1.807, 2.05) is 0 Å². The minimum absolute atomic E-state index is 0.239. The van der Waals surface area contributed by atoms with Crippen LogP contribution in [-0.4, -0.2) is 27.5 Å². The fourth-order valence-electron chi connectivity index (χ4n) is 4.13. The summed E-state index contributed by atoms with van der Waals surface area (Å²) in [5.74, 6) is 1.78. The maximum absolute atomic E-state index is 12.8. The van der Waals surface area contributed by atoms with Gasteiger partial charge < -0.3 is 4.90 Å². The summed E-state index contributed by atoms with van der Waals surface area (Å²) >= 11 is 0. The topological polar surface area (TPSA) is 49.0 Å². The van der Waals surface area contributed by atoms with Crippen molar-refractivity contribution in [1.82, 2.24) is 15.1 Å². The Morgan fingerprint density at radius 3 is 3.05 bits per heavy atom. The first-order valence-electron chi connectivity index (χ1n) is 7.78. The first-order valence-corrected chi connectivity index (χ1v) is 7.78. The summed E-state index contributed by atoms with van der Waals surface area (Å²) in [5.41, 5.74) is 3.63. The van der Waals surface area contributed by atoms with E-state index in [1.165, 1.54) is 17.7 Å². The van der Waals surface area contributed by atoms with E-state index in [9.17, 15) is 4.79 Å². The molecule has 1 N–H and O–H groups in total. The van der Waals surface area contributed by atoms with E-state index in [0.29, 0.717) is 17.7 Å². The van der Waals surface area contributed by atoms with Gasteiger partial charge in [-0.15, -0.1) is 0 Å². The number of nitrogens with one attached hydrogen (secondary N) is 1. The summed E-state index contributed by atoms with van der Waals surface area (Å²) in [6, 6.07) is 0. The maximum Gasteiger partial charge on any atom is 0.226 e. The van der Waals surface area contributed by atoms with Crippen molar-refractivity contribution >= 4 is 5.91 Å². The minimum Gasteiger partial charge on any atom is -0.338 e. The van der Waals surface area contributed by atoms with Gasteiger partial charge in [-0.2, -0.15) is 5.10 Å². The van der Waals surface area contributed by atoms with Crippen LogP contribution in [-0.2, 0) is 24.2 Å². The highest BCUT2D eigenvalue weighted by Gasteiger charge is 2.42. The van der Waals surface area contributed by atoms with E-state index >= 15 is 0 Å². The van der Waals surface area contributed by atoms with Gasteiger partial charge in [-0.25, -0.2) is 0 Å². The number of amides is 1. The molecule has 2 bridgehead atoms. The molecule has 4 nitrogen and oxygen atoms in total. The van der Waals surface area contributed by atoms with Crippen LogP contribution in [0.1, 0.15) is 36.7 Å². The smallest absolute Gasteiger partial charge is 0.226 e. The van der Waals surface area contributed by atoms with Gasteiger partial charge in [0.15, 0.2) is 0 Å². The Bertz CT molecular complexity index is 561. The summed E-state index contributed by atoms with van der Waals surface area (Å²) in [4.78, 5) is 14.8. The van der Waals surface area contributed by atoms with Crippen molar-refractivity contribution in [3.8, 4) is 0 Å². The number of nitrogens with zero attached hydrogens (tertiary/aromatic N) is 2. The Hall–Kier alpha value is -1.58. The van der Waals surface area contributed by atoms with Gasteiger partial charge in [0.1, 0.15) is 0 Å². The minimum atomic E-state index is 0.239. The molecule has 1 fully saturated rings. The summed E-state index contributed by atoms with van der Waals surface area (Å²) in [6.07, 6.45) is 8.68. The molecule has 1 aromatic rings. The molecule has 0 spiro atoms. The first kappa shape index (κ1) is 12.2. The Morgan fingerprint density at radius 1 is 1.45 bits per heavy atom. The fraction of sp³-hybridized carbons (Fsp3) is 0.625. The van der Waals surface area contributed by atoms with Crippen molar-refractivity contribution in [2.24, 2.45) is 17.8 Å². The van der Waals surface area contributed by atoms with Gasteiger partial charge >= 0.3 is 0 Å². The maximum atomic E-state index is 12.8. The zero-order valence-corrected chi connectivity index (χ0v) is 11.9. The monoisotopic (exact) mass is 271 g/mol.